The summed E-state index contributed by atoms with van der Waals surface area (Å²) in [6.45, 7) is 2.11. The van der Waals surface area contributed by atoms with Gasteiger partial charge in [0.2, 0.25) is 0 Å². The molecule has 0 spiro atoms. The largest absolute Gasteiger partial charge is 0.484 e. The van der Waals surface area contributed by atoms with Crippen molar-refractivity contribution in [2.45, 2.75) is 19.4 Å². The maximum Gasteiger partial charge on any atom is 0.258 e. The standard InChI is InChI=1S/C21H21NO2S/c1-2-16-10-12-18(13-11-16)24-15-20(23)22-21(19-9-6-14-25-19)17-7-4-3-5-8-17/h3-14,21H,2,15H2,1H3,(H,22,23)/t21-/m0/s1. The molecule has 0 aliphatic rings. The first kappa shape index (κ1) is 17.2. The van der Waals surface area contributed by atoms with Gasteiger partial charge in [-0.1, -0.05) is 55.5 Å². The highest BCUT2D eigenvalue weighted by molar-refractivity contribution is 7.10. The van der Waals surface area contributed by atoms with Crippen LogP contribution < -0.4 is 10.1 Å². The highest BCUT2D eigenvalue weighted by Crippen LogP contribution is 2.25. The van der Waals surface area contributed by atoms with Crippen molar-refractivity contribution in [1.29, 1.82) is 0 Å². The monoisotopic (exact) mass is 351 g/mol. The molecule has 0 aliphatic carbocycles. The van der Waals surface area contributed by atoms with E-state index in [9.17, 15) is 4.79 Å². The van der Waals surface area contributed by atoms with Gasteiger partial charge in [0.25, 0.3) is 5.91 Å². The summed E-state index contributed by atoms with van der Waals surface area (Å²) in [6.07, 6.45) is 0.986. The van der Waals surface area contributed by atoms with Crippen LogP contribution in [-0.2, 0) is 11.2 Å². The Morgan fingerprint density at radius 2 is 1.80 bits per heavy atom. The highest BCUT2D eigenvalue weighted by Gasteiger charge is 2.17. The summed E-state index contributed by atoms with van der Waals surface area (Å²) in [7, 11) is 0. The molecule has 0 fully saturated rings. The minimum absolute atomic E-state index is 0.000179. The normalized spacial score (nSPS) is 11.7. The number of thiophene rings is 1. The Labute approximate surface area is 152 Å². The first-order valence-electron chi connectivity index (χ1n) is 8.35. The smallest absolute Gasteiger partial charge is 0.258 e. The Hall–Kier alpha value is -2.59. The molecule has 1 N–H and O–H groups in total. The lowest BCUT2D eigenvalue weighted by atomic mass is 10.1. The van der Waals surface area contributed by atoms with Crippen LogP contribution in [0, 0.1) is 0 Å². The Morgan fingerprint density at radius 1 is 1.04 bits per heavy atom. The zero-order chi connectivity index (χ0) is 17.5. The summed E-state index contributed by atoms with van der Waals surface area (Å²) < 4.78 is 5.61. The zero-order valence-electron chi connectivity index (χ0n) is 14.1. The van der Waals surface area contributed by atoms with Gasteiger partial charge in [-0.25, -0.2) is 0 Å². The number of aryl methyl sites for hydroxylation is 1. The third-order valence-corrected chi connectivity index (χ3v) is 4.90. The summed E-state index contributed by atoms with van der Waals surface area (Å²) in [5.41, 5.74) is 2.31. The zero-order valence-corrected chi connectivity index (χ0v) is 15.0. The number of carbonyl (C=O) groups is 1. The van der Waals surface area contributed by atoms with E-state index in [2.05, 4.69) is 12.2 Å². The molecule has 0 unspecified atom stereocenters. The quantitative estimate of drug-likeness (QED) is 0.676. The maximum absolute atomic E-state index is 12.4. The van der Waals surface area contributed by atoms with Crippen molar-refractivity contribution in [1.82, 2.24) is 5.32 Å². The molecule has 0 bridgehead atoms. The summed E-state index contributed by atoms with van der Waals surface area (Å²) in [5, 5.41) is 5.09. The summed E-state index contributed by atoms with van der Waals surface area (Å²) in [5.74, 6) is 0.571. The van der Waals surface area contributed by atoms with E-state index in [1.807, 2.05) is 72.1 Å². The number of hydrogen-bond acceptors (Lipinski definition) is 3. The SMILES string of the molecule is CCc1ccc(OCC(=O)N[C@@H](c2ccccc2)c2cccs2)cc1. The van der Waals surface area contributed by atoms with Crippen molar-refractivity contribution in [2.75, 3.05) is 6.61 Å². The molecule has 3 nitrogen and oxygen atoms in total. The summed E-state index contributed by atoms with van der Waals surface area (Å²) >= 11 is 1.63. The first-order valence-corrected chi connectivity index (χ1v) is 9.23. The van der Waals surface area contributed by atoms with Crippen LogP contribution in [0.25, 0.3) is 0 Å². The fraction of sp³-hybridized carbons (Fsp3) is 0.190. The van der Waals surface area contributed by atoms with Gasteiger partial charge in [0.15, 0.2) is 6.61 Å². The molecule has 1 atom stereocenters. The third kappa shape index (κ3) is 4.70. The van der Waals surface area contributed by atoms with Gasteiger partial charge in [0.05, 0.1) is 6.04 Å². The predicted molar refractivity (Wildman–Crippen MR) is 102 cm³/mol. The molecule has 3 aromatic rings. The number of ether oxygens (including phenoxy) is 1. The molecule has 2 aromatic carbocycles. The lowest BCUT2D eigenvalue weighted by Crippen LogP contribution is -2.32. The summed E-state index contributed by atoms with van der Waals surface area (Å²) in [6, 6.07) is 21.7. The number of benzene rings is 2. The fourth-order valence-corrected chi connectivity index (χ4v) is 3.40. The van der Waals surface area contributed by atoms with Crippen LogP contribution >= 0.6 is 11.3 Å². The maximum atomic E-state index is 12.4. The Morgan fingerprint density at radius 3 is 2.44 bits per heavy atom. The number of nitrogens with one attached hydrogen (secondary N) is 1. The van der Waals surface area contributed by atoms with Crippen molar-refractivity contribution in [2.24, 2.45) is 0 Å². The molecule has 1 amide bonds. The van der Waals surface area contributed by atoms with E-state index in [0.29, 0.717) is 5.75 Å². The van der Waals surface area contributed by atoms with Crippen LogP contribution in [-0.4, -0.2) is 12.5 Å². The lowest BCUT2D eigenvalue weighted by molar-refractivity contribution is -0.123. The second kappa shape index (κ2) is 8.49. The highest BCUT2D eigenvalue weighted by atomic mass is 32.1. The Bertz CT molecular complexity index is 783. The predicted octanol–water partition coefficient (Wildman–Crippen LogP) is 4.60. The topological polar surface area (TPSA) is 38.3 Å². The second-order valence-electron chi connectivity index (χ2n) is 5.71. The fourth-order valence-electron chi connectivity index (χ4n) is 2.59. The molecule has 0 saturated heterocycles. The van der Waals surface area contributed by atoms with Crippen LogP contribution in [0.1, 0.15) is 29.0 Å². The molecule has 0 aliphatic heterocycles. The molecule has 3 rings (SSSR count). The van der Waals surface area contributed by atoms with Crippen molar-refractivity contribution in [3.05, 3.63) is 88.1 Å². The van der Waals surface area contributed by atoms with Crippen LogP contribution in [0.5, 0.6) is 5.75 Å². The molecule has 128 valence electrons. The molecular formula is C21H21NO2S. The van der Waals surface area contributed by atoms with Gasteiger partial charge < -0.3 is 10.1 Å². The van der Waals surface area contributed by atoms with Gasteiger partial charge in [-0.15, -0.1) is 11.3 Å². The van der Waals surface area contributed by atoms with Crippen molar-refractivity contribution in [3.63, 3.8) is 0 Å². The van der Waals surface area contributed by atoms with E-state index >= 15 is 0 Å². The van der Waals surface area contributed by atoms with E-state index in [1.165, 1.54) is 5.56 Å². The molecular weight excluding hydrogens is 330 g/mol. The molecule has 4 heteroatoms. The minimum Gasteiger partial charge on any atom is -0.484 e. The third-order valence-electron chi connectivity index (χ3n) is 3.97. The van der Waals surface area contributed by atoms with Gasteiger partial charge in [0.1, 0.15) is 5.75 Å². The molecule has 1 aromatic heterocycles. The Balaban J connectivity index is 1.64. The van der Waals surface area contributed by atoms with E-state index < -0.39 is 0 Å². The number of rotatable bonds is 7. The first-order chi connectivity index (χ1) is 12.3. The average Bonchev–Trinajstić information content (AvgIpc) is 3.20. The minimum atomic E-state index is -0.153. The van der Waals surface area contributed by atoms with Gasteiger partial charge in [0, 0.05) is 4.88 Å². The van der Waals surface area contributed by atoms with Gasteiger partial charge >= 0.3 is 0 Å². The van der Waals surface area contributed by atoms with Crippen molar-refractivity contribution < 1.29 is 9.53 Å². The van der Waals surface area contributed by atoms with Crippen LogP contribution in [0.2, 0.25) is 0 Å². The van der Waals surface area contributed by atoms with E-state index in [4.69, 9.17) is 4.74 Å². The van der Waals surface area contributed by atoms with E-state index in [-0.39, 0.29) is 18.6 Å². The van der Waals surface area contributed by atoms with E-state index in [0.717, 1.165) is 16.9 Å². The average molecular weight is 351 g/mol. The van der Waals surface area contributed by atoms with Crippen molar-refractivity contribution in [3.8, 4) is 5.75 Å². The van der Waals surface area contributed by atoms with Gasteiger partial charge in [-0.2, -0.15) is 0 Å². The molecule has 25 heavy (non-hydrogen) atoms. The molecule has 1 heterocycles. The Kier molecular flexibility index (Phi) is 5.86. The molecule has 0 saturated carbocycles. The number of carbonyl (C=O) groups excluding carboxylic acids is 1. The summed E-state index contributed by atoms with van der Waals surface area (Å²) in [4.78, 5) is 13.5. The van der Waals surface area contributed by atoms with Crippen LogP contribution in [0.4, 0.5) is 0 Å². The molecule has 0 radical (unpaired) electrons. The number of hydrogen-bond donors (Lipinski definition) is 1. The van der Waals surface area contributed by atoms with Gasteiger partial charge in [-0.3, -0.25) is 4.79 Å². The number of amides is 1. The second-order valence-corrected chi connectivity index (χ2v) is 6.69. The van der Waals surface area contributed by atoms with Crippen molar-refractivity contribution >= 4 is 17.2 Å². The van der Waals surface area contributed by atoms with Crippen LogP contribution in [0.15, 0.2) is 72.1 Å². The van der Waals surface area contributed by atoms with Crippen LogP contribution in [0.3, 0.4) is 0 Å². The lowest BCUT2D eigenvalue weighted by Gasteiger charge is -2.18. The van der Waals surface area contributed by atoms with E-state index in [1.54, 1.807) is 11.3 Å². The van der Waals surface area contributed by atoms with Gasteiger partial charge in [-0.05, 0) is 41.1 Å².